The van der Waals surface area contributed by atoms with Crippen molar-refractivity contribution >= 4 is 23.0 Å². The van der Waals surface area contributed by atoms with Gasteiger partial charge in [-0.05, 0) is 39.3 Å². The van der Waals surface area contributed by atoms with Gasteiger partial charge >= 0.3 is 0 Å². The van der Waals surface area contributed by atoms with Gasteiger partial charge < -0.3 is 11.1 Å². The zero-order valence-electron chi connectivity index (χ0n) is 12.5. The van der Waals surface area contributed by atoms with Crippen LogP contribution in [0.3, 0.4) is 0 Å². The van der Waals surface area contributed by atoms with Gasteiger partial charge in [0.2, 0.25) is 0 Å². The average molecular weight is 290 g/mol. The van der Waals surface area contributed by atoms with Crippen LogP contribution in [-0.2, 0) is 6.42 Å². The van der Waals surface area contributed by atoms with Gasteiger partial charge in [0, 0.05) is 21.7 Å². The van der Waals surface area contributed by atoms with Gasteiger partial charge in [-0.3, -0.25) is 0 Å². The lowest BCUT2D eigenvalue weighted by Gasteiger charge is -2.16. The zero-order valence-corrected chi connectivity index (χ0v) is 13.3. The van der Waals surface area contributed by atoms with Gasteiger partial charge in [-0.2, -0.15) is 0 Å². The summed E-state index contributed by atoms with van der Waals surface area (Å²) in [6.07, 6.45) is 1.87. The zero-order chi connectivity index (χ0) is 14.7. The van der Waals surface area contributed by atoms with Crippen molar-refractivity contribution in [2.75, 3.05) is 11.1 Å². The summed E-state index contributed by atoms with van der Waals surface area (Å²) in [6.45, 7) is 8.33. The Morgan fingerprint density at radius 2 is 2.05 bits per heavy atom. The van der Waals surface area contributed by atoms with Gasteiger partial charge in [0.05, 0.1) is 6.04 Å². The highest BCUT2D eigenvalue weighted by Crippen LogP contribution is 2.27. The quantitative estimate of drug-likeness (QED) is 0.877. The van der Waals surface area contributed by atoms with Crippen LogP contribution in [0.15, 0.2) is 12.1 Å². The number of thiophene rings is 1. The van der Waals surface area contributed by atoms with Crippen molar-refractivity contribution in [3.63, 3.8) is 0 Å². The first-order valence-electron chi connectivity index (χ1n) is 6.97. The Morgan fingerprint density at radius 1 is 1.30 bits per heavy atom. The van der Waals surface area contributed by atoms with Crippen LogP contribution >= 0.6 is 11.3 Å². The summed E-state index contributed by atoms with van der Waals surface area (Å²) < 4.78 is 0. The van der Waals surface area contributed by atoms with Gasteiger partial charge in [0.25, 0.3) is 0 Å². The van der Waals surface area contributed by atoms with Crippen LogP contribution in [0.2, 0.25) is 0 Å². The summed E-state index contributed by atoms with van der Waals surface area (Å²) in [5, 5.41) is 3.46. The maximum Gasteiger partial charge on any atom is 0.135 e. The van der Waals surface area contributed by atoms with Crippen molar-refractivity contribution in [1.29, 1.82) is 0 Å². The molecule has 4 nitrogen and oxygen atoms in total. The van der Waals surface area contributed by atoms with E-state index in [0.29, 0.717) is 5.82 Å². The molecule has 0 aliphatic heterocycles. The molecule has 0 bridgehead atoms. The number of nitrogens with zero attached hydrogens (tertiary/aromatic N) is 2. The Bertz CT molecular complexity index is 592. The molecule has 2 aromatic rings. The van der Waals surface area contributed by atoms with E-state index in [9.17, 15) is 0 Å². The van der Waals surface area contributed by atoms with E-state index in [-0.39, 0.29) is 6.04 Å². The smallest absolute Gasteiger partial charge is 0.135 e. The fraction of sp³-hybridized carbons (Fsp3) is 0.467. The van der Waals surface area contributed by atoms with Gasteiger partial charge in [-0.1, -0.05) is 6.92 Å². The number of aromatic nitrogens is 2. The Kier molecular flexibility index (Phi) is 4.60. The van der Waals surface area contributed by atoms with Gasteiger partial charge in [0.15, 0.2) is 0 Å². The van der Waals surface area contributed by atoms with E-state index in [2.05, 4.69) is 48.2 Å². The first-order valence-corrected chi connectivity index (χ1v) is 7.78. The maximum atomic E-state index is 5.98. The number of nitrogens with two attached hydrogens (primary N) is 1. The summed E-state index contributed by atoms with van der Waals surface area (Å²) in [7, 11) is 0. The van der Waals surface area contributed by atoms with Crippen LogP contribution in [0.25, 0.3) is 0 Å². The largest absolute Gasteiger partial charge is 0.383 e. The summed E-state index contributed by atoms with van der Waals surface area (Å²) in [6, 6.07) is 4.52. The summed E-state index contributed by atoms with van der Waals surface area (Å²) in [5.41, 5.74) is 6.90. The number of rotatable bonds is 5. The number of aryl methyl sites for hydroxylation is 2. The highest BCUT2D eigenvalue weighted by atomic mass is 32.1. The Labute approximate surface area is 124 Å². The van der Waals surface area contributed by atoms with Crippen LogP contribution in [0.4, 0.5) is 11.6 Å². The Morgan fingerprint density at radius 3 is 2.65 bits per heavy atom. The Hall–Kier alpha value is -1.62. The number of nitrogens with one attached hydrogen (secondary N) is 1. The Balaban J connectivity index is 2.23. The van der Waals surface area contributed by atoms with E-state index >= 15 is 0 Å². The second kappa shape index (κ2) is 6.22. The van der Waals surface area contributed by atoms with Crippen molar-refractivity contribution in [3.8, 4) is 0 Å². The molecule has 0 fully saturated rings. The molecule has 0 aliphatic carbocycles. The van der Waals surface area contributed by atoms with Crippen LogP contribution in [0.1, 0.15) is 47.5 Å². The molecule has 2 aromatic heterocycles. The van der Waals surface area contributed by atoms with Crippen molar-refractivity contribution in [2.45, 2.75) is 46.6 Å². The van der Waals surface area contributed by atoms with Crippen molar-refractivity contribution < 1.29 is 0 Å². The molecule has 108 valence electrons. The number of hydrogen-bond acceptors (Lipinski definition) is 5. The lowest BCUT2D eigenvalue weighted by atomic mass is 10.2. The number of hydrogen-bond donors (Lipinski definition) is 2. The maximum absolute atomic E-state index is 5.98. The second-order valence-corrected chi connectivity index (χ2v) is 6.38. The molecule has 0 radical (unpaired) electrons. The van der Waals surface area contributed by atoms with Crippen LogP contribution in [0.5, 0.6) is 0 Å². The van der Waals surface area contributed by atoms with E-state index in [4.69, 9.17) is 5.73 Å². The van der Waals surface area contributed by atoms with Gasteiger partial charge in [-0.15, -0.1) is 11.3 Å². The minimum atomic E-state index is 0.219. The molecule has 2 rings (SSSR count). The molecule has 0 saturated carbocycles. The molecular weight excluding hydrogens is 268 g/mol. The van der Waals surface area contributed by atoms with Crippen LogP contribution in [0, 0.1) is 13.8 Å². The molecule has 1 unspecified atom stereocenters. The molecular formula is C15H22N4S. The summed E-state index contributed by atoms with van der Waals surface area (Å²) in [5.74, 6) is 2.23. The molecule has 5 heteroatoms. The van der Waals surface area contributed by atoms with Crippen LogP contribution in [-0.4, -0.2) is 9.97 Å². The highest BCUT2D eigenvalue weighted by Gasteiger charge is 2.13. The van der Waals surface area contributed by atoms with Crippen molar-refractivity contribution in [3.05, 3.63) is 33.3 Å². The molecule has 2 heterocycles. The topological polar surface area (TPSA) is 63.8 Å². The first kappa shape index (κ1) is 14.8. The van der Waals surface area contributed by atoms with E-state index in [0.717, 1.165) is 30.0 Å². The lowest BCUT2D eigenvalue weighted by Crippen LogP contribution is -2.12. The second-order valence-electron chi connectivity index (χ2n) is 5.06. The summed E-state index contributed by atoms with van der Waals surface area (Å²) in [4.78, 5) is 11.6. The number of anilines is 2. The van der Waals surface area contributed by atoms with Crippen molar-refractivity contribution in [1.82, 2.24) is 9.97 Å². The predicted molar refractivity (Wildman–Crippen MR) is 86.3 cm³/mol. The molecule has 0 spiro atoms. The van der Waals surface area contributed by atoms with E-state index in [1.807, 2.05) is 6.92 Å². The summed E-state index contributed by atoms with van der Waals surface area (Å²) >= 11 is 1.80. The average Bonchev–Trinajstić information content (AvgIpc) is 2.82. The van der Waals surface area contributed by atoms with Crippen molar-refractivity contribution in [2.24, 2.45) is 0 Å². The van der Waals surface area contributed by atoms with E-state index in [1.54, 1.807) is 11.3 Å². The molecule has 3 N–H and O–H groups in total. The molecule has 0 aromatic carbocycles. The third-order valence-corrected chi connectivity index (χ3v) is 4.43. The van der Waals surface area contributed by atoms with E-state index in [1.165, 1.54) is 9.75 Å². The van der Waals surface area contributed by atoms with Gasteiger partial charge in [0.1, 0.15) is 17.5 Å². The standard InChI is InChI=1S/C15H22N4S/c1-5-6-13-18-14(16)10(3)15(19-13)17-11(4)12-8-7-9(2)20-12/h7-8,11H,5-6H2,1-4H3,(H3,16,17,18,19). The minimum Gasteiger partial charge on any atom is -0.383 e. The third kappa shape index (κ3) is 3.28. The number of nitrogen functional groups attached to an aromatic ring is 1. The highest BCUT2D eigenvalue weighted by molar-refractivity contribution is 7.12. The molecule has 0 aliphatic rings. The fourth-order valence-corrected chi connectivity index (χ4v) is 2.90. The normalized spacial score (nSPS) is 12.4. The lowest BCUT2D eigenvalue weighted by molar-refractivity contribution is 0.821. The van der Waals surface area contributed by atoms with Crippen LogP contribution < -0.4 is 11.1 Å². The minimum absolute atomic E-state index is 0.219. The molecule has 20 heavy (non-hydrogen) atoms. The molecule has 0 saturated heterocycles. The van der Waals surface area contributed by atoms with E-state index < -0.39 is 0 Å². The monoisotopic (exact) mass is 290 g/mol. The predicted octanol–water partition coefficient (Wildman–Crippen LogP) is 3.86. The first-order chi connectivity index (χ1) is 9.51. The third-order valence-electron chi connectivity index (χ3n) is 3.24. The molecule has 0 amide bonds. The molecule has 1 atom stereocenters. The fourth-order valence-electron chi connectivity index (χ4n) is 2.02. The van der Waals surface area contributed by atoms with Gasteiger partial charge in [-0.25, -0.2) is 9.97 Å². The SMILES string of the molecule is CCCc1nc(N)c(C)c(NC(C)c2ccc(C)s2)n1.